The van der Waals surface area contributed by atoms with Crippen LogP contribution in [0.1, 0.15) is 42.5 Å². The molecule has 0 saturated heterocycles. The zero-order valence-electron chi connectivity index (χ0n) is 17.9. The number of hydrogen-bond donors (Lipinski definition) is 2. The fourth-order valence-corrected chi connectivity index (χ4v) is 4.94. The molecule has 0 fully saturated rings. The number of hydrogen-bond acceptors (Lipinski definition) is 2. The van der Waals surface area contributed by atoms with Gasteiger partial charge in [-0.15, -0.1) is 0 Å². The Hall–Kier alpha value is -3.40. The van der Waals surface area contributed by atoms with Crippen LogP contribution in [0.25, 0.3) is 11.1 Å². The van der Waals surface area contributed by atoms with E-state index in [1.54, 1.807) is 6.92 Å². The van der Waals surface area contributed by atoms with E-state index in [0.29, 0.717) is 6.42 Å². The number of nitrogens with one attached hydrogen (secondary N) is 1. The van der Waals surface area contributed by atoms with Crippen molar-refractivity contribution in [2.24, 2.45) is 5.92 Å². The summed E-state index contributed by atoms with van der Waals surface area (Å²) in [6, 6.07) is 24.8. The van der Waals surface area contributed by atoms with Crippen molar-refractivity contribution in [3.05, 3.63) is 95.1 Å². The van der Waals surface area contributed by atoms with Crippen molar-refractivity contribution < 1.29 is 14.7 Å². The molecule has 0 aromatic heterocycles. The van der Waals surface area contributed by atoms with Crippen molar-refractivity contribution >= 4 is 11.9 Å². The summed E-state index contributed by atoms with van der Waals surface area (Å²) >= 11 is 0. The van der Waals surface area contributed by atoms with Crippen LogP contribution in [0.15, 0.2) is 72.8 Å². The third-order valence-electron chi connectivity index (χ3n) is 6.30. The molecule has 0 saturated carbocycles. The van der Waals surface area contributed by atoms with Crippen LogP contribution >= 0.6 is 0 Å². The molecule has 1 unspecified atom stereocenters. The molecule has 0 radical (unpaired) electrons. The number of benzene rings is 3. The molecule has 1 atom stereocenters. The SMILES string of the molecule is CC(=O)NC1(C(C)Cc2ccc(CCC(=O)O)cc2)c2ccccc2-c2ccccc21. The maximum Gasteiger partial charge on any atom is 0.303 e. The molecule has 4 nitrogen and oxygen atoms in total. The van der Waals surface area contributed by atoms with Crippen LogP contribution in [0.5, 0.6) is 0 Å². The molecule has 0 spiro atoms. The summed E-state index contributed by atoms with van der Waals surface area (Å²) in [6.45, 7) is 3.77. The number of fused-ring (bicyclic) bond motifs is 3. The Morgan fingerprint density at radius 3 is 1.90 bits per heavy atom. The van der Waals surface area contributed by atoms with Crippen molar-refractivity contribution in [2.75, 3.05) is 0 Å². The highest BCUT2D eigenvalue weighted by Crippen LogP contribution is 2.51. The van der Waals surface area contributed by atoms with E-state index in [1.165, 1.54) is 11.1 Å². The molecule has 4 heteroatoms. The molecule has 31 heavy (non-hydrogen) atoms. The van der Waals surface area contributed by atoms with Gasteiger partial charge >= 0.3 is 5.97 Å². The summed E-state index contributed by atoms with van der Waals surface area (Å²) in [5.74, 6) is -0.734. The van der Waals surface area contributed by atoms with Crippen molar-refractivity contribution in [3.8, 4) is 11.1 Å². The number of amides is 1. The van der Waals surface area contributed by atoms with Crippen LogP contribution in [0.2, 0.25) is 0 Å². The molecule has 3 aromatic rings. The molecule has 0 heterocycles. The van der Waals surface area contributed by atoms with Crippen LogP contribution in [0.4, 0.5) is 0 Å². The topological polar surface area (TPSA) is 66.4 Å². The first-order chi connectivity index (χ1) is 14.9. The largest absolute Gasteiger partial charge is 0.481 e. The number of carbonyl (C=O) groups is 2. The number of carboxylic acid groups (broad SMARTS) is 1. The Morgan fingerprint density at radius 2 is 1.39 bits per heavy atom. The van der Waals surface area contributed by atoms with E-state index in [-0.39, 0.29) is 18.2 Å². The van der Waals surface area contributed by atoms with Gasteiger partial charge < -0.3 is 10.4 Å². The number of carboxylic acids is 1. The number of aryl methyl sites for hydroxylation is 1. The number of aliphatic carboxylic acids is 1. The van der Waals surface area contributed by atoms with Crippen molar-refractivity contribution in [2.45, 2.75) is 38.6 Å². The molecule has 0 bridgehead atoms. The van der Waals surface area contributed by atoms with Crippen molar-refractivity contribution in [1.29, 1.82) is 0 Å². The van der Waals surface area contributed by atoms with Crippen LogP contribution in [0.3, 0.4) is 0 Å². The highest BCUT2D eigenvalue weighted by Gasteiger charge is 2.47. The van der Waals surface area contributed by atoms with Crippen LogP contribution in [0, 0.1) is 5.92 Å². The van der Waals surface area contributed by atoms with E-state index < -0.39 is 11.5 Å². The average molecular weight is 414 g/mol. The Kier molecular flexibility index (Phi) is 5.64. The van der Waals surface area contributed by atoms with E-state index >= 15 is 0 Å². The maximum atomic E-state index is 12.4. The fourth-order valence-electron chi connectivity index (χ4n) is 4.94. The minimum atomic E-state index is -0.784. The lowest BCUT2D eigenvalue weighted by atomic mass is 9.74. The van der Waals surface area contributed by atoms with Crippen LogP contribution in [-0.2, 0) is 28.0 Å². The normalized spacial score (nSPS) is 14.4. The monoisotopic (exact) mass is 413 g/mol. The molecule has 1 aliphatic rings. The van der Waals surface area contributed by atoms with Gasteiger partial charge in [0.1, 0.15) is 0 Å². The standard InChI is InChI=1S/C27H27NO3/c1-18(17-21-13-11-20(12-14-21)15-16-26(30)31)27(28-19(2)29)24-9-5-3-7-22(24)23-8-4-6-10-25(23)27/h3-14,18H,15-17H2,1-2H3,(H,28,29)(H,30,31). The summed E-state index contributed by atoms with van der Waals surface area (Å²) in [5.41, 5.74) is 6.20. The van der Waals surface area contributed by atoms with E-state index in [0.717, 1.165) is 28.7 Å². The summed E-state index contributed by atoms with van der Waals surface area (Å²) in [6.07, 6.45) is 1.44. The highest BCUT2D eigenvalue weighted by atomic mass is 16.4. The fraction of sp³-hybridized carbons (Fsp3) is 0.259. The summed E-state index contributed by atoms with van der Waals surface area (Å²) in [7, 11) is 0. The lowest BCUT2D eigenvalue weighted by molar-refractivity contribution is -0.137. The van der Waals surface area contributed by atoms with Gasteiger partial charge in [0.2, 0.25) is 5.91 Å². The third kappa shape index (κ3) is 3.86. The smallest absolute Gasteiger partial charge is 0.303 e. The quantitative estimate of drug-likeness (QED) is 0.576. The Bertz CT molecular complexity index is 1070. The van der Waals surface area contributed by atoms with Gasteiger partial charge in [0, 0.05) is 13.3 Å². The summed E-state index contributed by atoms with van der Waals surface area (Å²) in [5, 5.41) is 12.2. The zero-order chi connectivity index (χ0) is 22.0. The Morgan fingerprint density at radius 1 is 0.871 bits per heavy atom. The highest BCUT2D eigenvalue weighted by molar-refractivity contribution is 5.85. The average Bonchev–Trinajstić information content (AvgIpc) is 3.04. The predicted octanol–water partition coefficient (Wildman–Crippen LogP) is 4.94. The summed E-state index contributed by atoms with van der Waals surface area (Å²) < 4.78 is 0. The maximum absolute atomic E-state index is 12.4. The molecule has 0 aliphatic heterocycles. The van der Waals surface area contributed by atoms with Gasteiger partial charge in [-0.2, -0.15) is 0 Å². The van der Waals surface area contributed by atoms with Gasteiger partial charge in [-0.3, -0.25) is 9.59 Å². The van der Waals surface area contributed by atoms with Crippen molar-refractivity contribution in [3.63, 3.8) is 0 Å². The Balaban J connectivity index is 1.70. The molecular weight excluding hydrogens is 386 g/mol. The first-order valence-electron chi connectivity index (χ1n) is 10.7. The molecule has 2 N–H and O–H groups in total. The first-order valence-corrected chi connectivity index (χ1v) is 10.7. The minimum absolute atomic E-state index is 0.0534. The molecule has 1 amide bonds. The molecule has 3 aromatic carbocycles. The lowest BCUT2D eigenvalue weighted by Gasteiger charge is -2.39. The van der Waals surface area contributed by atoms with Gasteiger partial charge in [-0.05, 0) is 52.1 Å². The van der Waals surface area contributed by atoms with Crippen molar-refractivity contribution in [1.82, 2.24) is 5.32 Å². The predicted molar refractivity (Wildman–Crippen MR) is 122 cm³/mol. The number of rotatable bonds is 7. The van der Waals surface area contributed by atoms with Gasteiger partial charge in [0.15, 0.2) is 0 Å². The zero-order valence-corrected chi connectivity index (χ0v) is 17.9. The molecule has 4 rings (SSSR count). The second-order valence-corrected chi connectivity index (χ2v) is 8.40. The summed E-state index contributed by atoms with van der Waals surface area (Å²) in [4.78, 5) is 23.2. The van der Waals surface area contributed by atoms with Gasteiger partial charge in [-0.25, -0.2) is 0 Å². The van der Waals surface area contributed by atoms with Gasteiger partial charge in [0.05, 0.1) is 5.54 Å². The second-order valence-electron chi connectivity index (χ2n) is 8.40. The van der Waals surface area contributed by atoms with Crippen LogP contribution in [-0.4, -0.2) is 17.0 Å². The van der Waals surface area contributed by atoms with E-state index in [2.05, 4.69) is 48.6 Å². The number of carbonyl (C=O) groups excluding carboxylic acids is 1. The van der Waals surface area contributed by atoms with Gasteiger partial charge in [-0.1, -0.05) is 79.7 Å². The van der Waals surface area contributed by atoms with Gasteiger partial charge in [0.25, 0.3) is 0 Å². The van der Waals surface area contributed by atoms with E-state index in [1.807, 2.05) is 36.4 Å². The van der Waals surface area contributed by atoms with E-state index in [9.17, 15) is 9.59 Å². The third-order valence-corrected chi connectivity index (χ3v) is 6.30. The molecule has 1 aliphatic carbocycles. The first kappa shape index (κ1) is 20.9. The molecule has 158 valence electrons. The lowest BCUT2D eigenvalue weighted by Crippen LogP contribution is -2.50. The van der Waals surface area contributed by atoms with Crippen LogP contribution < -0.4 is 5.32 Å². The second kappa shape index (κ2) is 8.38. The van der Waals surface area contributed by atoms with E-state index in [4.69, 9.17) is 5.11 Å². The molecular formula is C27H27NO3. The minimum Gasteiger partial charge on any atom is -0.481 e. The Labute approximate surface area is 182 Å².